The van der Waals surface area contributed by atoms with Crippen LogP contribution in [0.5, 0.6) is 17.2 Å². The number of methoxy groups -OCH3 is 1. The summed E-state index contributed by atoms with van der Waals surface area (Å²) in [5.41, 5.74) is 2.36. The van der Waals surface area contributed by atoms with E-state index in [1.54, 1.807) is 55.7 Å². The van der Waals surface area contributed by atoms with Crippen LogP contribution in [0.2, 0.25) is 0 Å². The predicted molar refractivity (Wildman–Crippen MR) is 153 cm³/mol. The SMILES string of the molecule is COc1cccc(C=C(C(=O)O)c2ccc(Oc3ccc(CCC(=O)NC(=O)NC4CCCCC4)cc3)cc2)c1. The summed E-state index contributed by atoms with van der Waals surface area (Å²) in [5.74, 6) is 0.471. The van der Waals surface area contributed by atoms with Crippen molar-refractivity contribution in [3.63, 3.8) is 0 Å². The zero-order chi connectivity index (χ0) is 28.3. The van der Waals surface area contributed by atoms with Crippen molar-refractivity contribution in [2.45, 2.75) is 51.0 Å². The summed E-state index contributed by atoms with van der Waals surface area (Å²) in [5, 5.41) is 15.1. The Kier molecular flexibility index (Phi) is 9.93. The van der Waals surface area contributed by atoms with Crippen molar-refractivity contribution in [2.24, 2.45) is 0 Å². The Hall–Kier alpha value is -4.59. The van der Waals surface area contributed by atoms with E-state index in [1.165, 1.54) is 6.42 Å². The van der Waals surface area contributed by atoms with E-state index in [4.69, 9.17) is 9.47 Å². The second kappa shape index (κ2) is 14.0. The van der Waals surface area contributed by atoms with Gasteiger partial charge in [-0.2, -0.15) is 0 Å². The lowest BCUT2D eigenvalue weighted by Crippen LogP contribution is -2.45. The molecule has 3 aromatic carbocycles. The first-order valence-corrected chi connectivity index (χ1v) is 13.5. The monoisotopic (exact) mass is 542 g/mol. The van der Waals surface area contributed by atoms with Crippen molar-refractivity contribution in [2.75, 3.05) is 7.11 Å². The highest BCUT2D eigenvalue weighted by molar-refractivity contribution is 6.20. The van der Waals surface area contributed by atoms with Gasteiger partial charge in [0.05, 0.1) is 12.7 Å². The summed E-state index contributed by atoms with van der Waals surface area (Å²) in [6.45, 7) is 0. The van der Waals surface area contributed by atoms with E-state index < -0.39 is 12.0 Å². The second-order valence-electron chi connectivity index (χ2n) is 9.77. The van der Waals surface area contributed by atoms with Gasteiger partial charge in [-0.05, 0) is 78.4 Å². The number of imide groups is 1. The van der Waals surface area contributed by atoms with Crippen LogP contribution in [0.25, 0.3) is 11.6 Å². The quantitative estimate of drug-likeness (QED) is 0.208. The molecule has 8 nitrogen and oxygen atoms in total. The van der Waals surface area contributed by atoms with E-state index >= 15 is 0 Å². The lowest BCUT2D eigenvalue weighted by Gasteiger charge is -2.22. The molecule has 8 heteroatoms. The first kappa shape index (κ1) is 28.4. The number of hydrogen-bond donors (Lipinski definition) is 3. The van der Waals surface area contributed by atoms with Crippen molar-refractivity contribution in [1.82, 2.24) is 10.6 Å². The molecule has 0 heterocycles. The molecule has 1 aliphatic rings. The van der Waals surface area contributed by atoms with Gasteiger partial charge in [0.25, 0.3) is 0 Å². The van der Waals surface area contributed by atoms with Crippen LogP contribution < -0.4 is 20.1 Å². The Morgan fingerprint density at radius 2 is 1.57 bits per heavy atom. The maximum absolute atomic E-state index is 12.2. The molecule has 40 heavy (non-hydrogen) atoms. The van der Waals surface area contributed by atoms with E-state index in [1.807, 2.05) is 30.3 Å². The molecule has 0 aromatic heterocycles. The van der Waals surface area contributed by atoms with Crippen LogP contribution in [0, 0.1) is 0 Å². The van der Waals surface area contributed by atoms with Crippen molar-refractivity contribution in [3.05, 3.63) is 89.5 Å². The summed E-state index contributed by atoms with van der Waals surface area (Å²) in [7, 11) is 1.56. The summed E-state index contributed by atoms with van der Waals surface area (Å²) in [6.07, 6.45) is 7.64. The van der Waals surface area contributed by atoms with E-state index in [-0.39, 0.29) is 23.9 Å². The number of rotatable bonds is 10. The molecule has 208 valence electrons. The molecule has 3 aromatic rings. The van der Waals surface area contributed by atoms with Crippen LogP contribution in [0.4, 0.5) is 4.79 Å². The van der Waals surface area contributed by atoms with Crippen molar-refractivity contribution in [3.8, 4) is 17.2 Å². The summed E-state index contributed by atoms with van der Waals surface area (Å²) < 4.78 is 11.1. The summed E-state index contributed by atoms with van der Waals surface area (Å²) >= 11 is 0. The standard InChI is InChI=1S/C32H34N2O6/c1-39-28-9-5-6-23(20-28)21-29(31(36)37)24-13-17-27(18-14-24)40-26-15-10-22(11-16-26)12-19-30(35)34-32(38)33-25-7-3-2-4-8-25/h5-6,9-11,13-18,20-21,25H,2-4,7-8,12,19H2,1H3,(H,36,37)(H2,33,34,35,38). The van der Waals surface area contributed by atoms with Crippen LogP contribution in [0.3, 0.4) is 0 Å². The zero-order valence-electron chi connectivity index (χ0n) is 22.5. The van der Waals surface area contributed by atoms with Gasteiger partial charge in [0.2, 0.25) is 5.91 Å². The van der Waals surface area contributed by atoms with Crippen molar-refractivity contribution >= 4 is 29.6 Å². The second-order valence-corrected chi connectivity index (χ2v) is 9.77. The normalized spacial score (nSPS) is 13.8. The van der Waals surface area contributed by atoms with Gasteiger partial charge in [0, 0.05) is 12.5 Å². The summed E-state index contributed by atoms with van der Waals surface area (Å²) in [6, 6.07) is 21.1. The number of urea groups is 1. The largest absolute Gasteiger partial charge is 0.497 e. The molecular weight excluding hydrogens is 508 g/mol. The molecule has 0 spiro atoms. The molecule has 0 bridgehead atoms. The number of carbonyl (C=O) groups is 3. The number of carbonyl (C=O) groups excluding carboxylic acids is 2. The Balaban J connectivity index is 1.29. The highest BCUT2D eigenvalue weighted by Gasteiger charge is 2.17. The lowest BCUT2D eigenvalue weighted by molar-refractivity contribution is -0.130. The number of amides is 3. The van der Waals surface area contributed by atoms with E-state index in [0.717, 1.165) is 36.8 Å². The van der Waals surface area contributed by atoms with Crippen LogP contribution in [0.15, 0.2) is 72.8 Å². The first-order chi connectivity index (χ1) is 19.4. The minimum Gasteiger partial charge on any atom is -0.497 e. The predicted octanol–water partition coefficient (Wildman–Crippen LogP) is 6.20. The molecule has 0 aliphatic heterocycles. The van der Waals surface area contributed by atoms with Gasteiger partial charge in [0.1, 0.15) is 17.2 Å². The number of hydrogen-bond acceptors (Lipinski definition) is 5. The molecule has 1 fully saturated rings. The smallest absolute Gasteiger partial charge is 0.336 e. The minimum absolute atomic E-state index is 0.152. The Bertz CT molecular complexity index is 1340. The third-order valence-corrected chi connectivity index (χ3v) is 6.79. The fourth-order valence-electron chi connectivity index (χ4n) is 4.64. The third-order valence-electron chi connectivity index (χ3n) is 6.79. The maximum atomic E-state index is 12.2. The summed E-state index contributed by atoms with van der Waals surface area (Å²) in [4.78, 5) is 36.2. The number of ether oxygens (including phenoxy) is 2. The number of nitrogens with one attached hydrogen (secondary N) is 2. The van der Waals surface area contributed by atoms with Gasteiger partial charge < -0.3 is 19.9 Å². The highest BCUT2D eigenvalue weighted by Crippen LogP contribution is 2.26. The Morgan fingerprint density at radius 3 is 2.23 bits per heavy atom. The molecule has 1 saturated carbocycles. The third kappa shape index (κ3) is 8.46. The molecule has 4 rings (SSSR count). The fraction of sp³-hybridized carbons (Fsp3) is 0.281. The van der Waals surface area contributed by atoms with E-state index in [0.29, 0.717) is 29.2 Å². The van der Waals surface area contributed by atoms with Crippen LogP contribution in [0.1, 0.15) is 55.2 Å². The average Bonchev–Trinajstić information content (AvgIpc) is 2.96. The maximum Gasteiger partial charge on any atom is 0.336 e. The first-order valence-electron chi connectivity index (χ1n) is 13.5. The number of carboxylic acid groups (broad SMARTS) is 1. The van der Waals surface area contributed by atoms with Gasteiger partial charge in [0.15, 0.2) is 0 Å². The Labute approximate surface area is 234 Å². The Morgan fingerprint density at radius 1 is 0.900 bits per heavy atom. The van der Waals surface area contributed by atoms with Gasteiger partial charge in [-0.25, -0.2) is 9.59 Å². The van der Waals surface area contributed by atoms with Crippen LogP contribution >= 0.6 is 0 Å². The van der Waals surface area contributed by atoms with E-state index in [2.05, 4.69) is 10.6 Å². The van der Waals surface area contributed by atoms with E-state index in [9.17, 15) is 19.5 Å². The molecule has 1 aliphatic carbocycles. The van der Waals surface area contributed by atoms with Crippen LogP contribution in [-0.2, 0) is 16.0 Å². The van der Waals surface area contributed by atoms with Gasteiger partial charge >= 0.3 is 12.0 Å². The minimum atomic E-state index is -1.04. The number of aliphatic carboxylic acids is 1. The van der Waals surface area contributed by atoms with Gasteiger partial charge in [-0.1, -0.05) is 55.7 Å². The molecule has 0 saturated heterocycles. The molecule has 0 unspecified atom stereocenters. The number of aryl methyl sites for hydroxylation is 1. The molecular formula is C32H34N2O6. The average molecular weight is 543 g/mol. The topological polar surface area (TPSA) is 114 Å². The highest BCUT2D eigenvalue weighted by atomic mass is 16.5. The number of benzene rings is 3. The van der Waals surface area contributed by atoms with Crippen LogP contribution in [-0.4, -0.2) is 36.2 Å². The van der Waals surface area contributed by atoms with Crippen molar-refractivity contribution < 1.29 is 29.0 Å². The van der Waals surface area contributed by atoms with Gasteiger partial charge in [-0.3, -0.25) is 10.1 Å². The van der Waals surface area contributed by atoms with Gasteiger partial charge in [-0.15, -0.1) is 0 Å². The van der Waals surface area contributed by atoms with Crippen molar-refractivity contribution in [1.29, 1.82) is 0 Å². The molecule has 0 atom stereocenters. The zero-order valence-corrected chi connectivity index (χ0v) is 22.5. The molecule has 0 radical (unpaired) electrons. The molecule has 3 amide bonds. The fourth-order valence-corrected chi connectivity index (χ4v) is 4.64. The lowest BCUT2D eigenvalue weighted by atomic mass is 9.96. The molecule has 3 N–H and O–H groups in total. The number of carboxylic acids is 1.